The molecule has 1 rings (SSSR count). The zero-order valence-corrected chi connectivity index (χ0v) is 15.1. The van der Waals surface area contributed by atoms with Gasteiger partial charge in [0, 0.05) is 18.1 Å². The molecule has 0 saturated carbocycles. The van der Waals surface area contributed by atoms with Gasteiger partial charge in [-0.1, -0.05) is 44.0 Å². The third-order valence-electron chi connectivity index (χ3n) is 3.71. The van der Waals surface area contributed by atoms with E-state index in [1.165, 1.54) is 23.5 Å². The quantitative estimate of drug-likeness (QED) is 0.900. The Kier molecular flexibility index (Phi) is 5.73. The summed E-state index contributed by atoms with van der Waals surface area (Å²) < 4.78 is 26.8. The van der Waals surface area contributed by atoms with E-state index in [0.717, 1.165) is 0 Å². The van der Waals surface area contributed by atoms with Gasteiger partial charge in [0.2, 0.25) is 10.0 Å². The molecule has 4 nitrogen and oxygen atoms in total. The molecule has 1 aromatic rings. The molecule has 0 heterocycles. The molecule has 0 saturated heterocycles. The molecule has 0 aromatic heterocycles. The number of nitrogens with zero attached hydrogens (tertiary/aromatic N) is 1. The molecule has 0 fully saturated rings. The van der Waals surface area contributed by atoms with E-state index in [4.69, 9.17) is 23.2 Å². The van der Waals surface area contributed by atoms with E-state index in [1.807, 2.05) is 27.7 Å². The van der Waals surface area contributed by atoms with Crippen molar-refractivity contribution < 1.29 is 13.5 Å². The molecule has 0 amide bonds. The van der Waals surface area contributed by atoms with Crippen LogP contribution >= 0.6 is 23.2 Å². The van der Waals surface area contributed by atoms with Crippen LogP contribution in [0, 0.1) is 5.41 Å². The lowest BCUT2D eigenvalue weighted by Gasteiger charge is -2.34. The molecule has 120 valence electrons. The zero-order chi connectivity index (χ0) is 16.6. The number of aliphatic hydroxyl groups is 1. The number of benzene rings is 1. The second-order valence-corrected chi connectivity index (χ2v) is 8.88. The first-order chi connectivity index (χ1) is 9.42. The van der Waals surface area contributed by atoms with Crippen molar-refractivity contribution in [2.24, 2.45) is 5.41 Å². The summed E-state index contributed by atoms with van der Waals surface area (Å²) in [5, 5.41) is 9.49. The number of sulfonamides is 1. The third kappa shape index (κ3) is 3.90. The molecule has 0 radical (unpaired) electrons. The Bertz CT molecular complexity index is 624. The van der Waals surface area contributed by atoms with Gasteiger partial charge in [-0.15, -0.1) is 0 Å². The van der Waals surface area contributed by atoms with Crippen molar-refractivity contribution in [1.82, 2.24) is 4.31 Å². The monoisotopic (exact) mass is 353 g/mol. The van der Waals surface area contributed by atoms with E-state index in [9.17, 15) is 13.5 Å². The maximum Gasteiger partial charge on any atom is 0.244 e. The highest BCUT2D eigenvalue weighted by molar-refractivity contribution is 7.89. The Morgan fingerprint density at radius 2 is 1.81 bits per heavy atom. The van der Waals surface area contributed by atoms with Crippen molar-refractivity contribution in [2.75, 3.05) is 7.05 Å². The molecule has 7 heteroatoms. The van der Waals surface area contributed by atoms with Crippen LogP contribution in [0.15, 0.2) is 17.0 Å². The molecule has 0 aliphatic heterocycles. The predicted octanol–water partition coefficient (Wildman–Crippen LogP) is 3.54. The highest BCUT2D eigenvalue weighted by Gasteiger charge is 2.34. The Hall–Kier alpha value is -0.330. The Balaban J connectivity index is 3.42. The van der Waals surface area contributed by atoms with Crippen molar-refractivity contribution in [1.29, 1.82) is 0 Å². The van der Waals surface area contributed by atoms with E-state index in [0.29, 0.717) is 5.56 Å². The summed E-state index contributed by atoms with van der Waals surface area (Å²) in [6, 6.07) is 2.52. The number of hydrogen-bond acceptors (Lipinski definition) is 3. The molecule has 0 aliphatic rings. The molecule has 1 atom stereocenters. The van der Waals surface area contributed by atoms with Crippen molar-refractivity contribution in [2.45, 2.75) is 45.2 Å². The fourth-order valence-electron chi connectivity index (χ4n) is 1.83. The second-order valence-electron chi connectivity index (χ2n) is 6.10. The van der Waals surface area contributed by atoms with Gasteiger partial charge in [0.15, 0.2) is 0 Å². The minimum Gasteiger partial charge on any atom is -0.392 e. The van der Waals surface area contributed by atoms with Gasteiger partial charge >= 0.3 is 0 Å². The number of hydrogen-bond donors (Lipinski definition) is 1. The highest BCUT2D eigenvalue weighted by Crippen LogP contribution is 2.34. The maximum atomic E-state index is 12.8. The third-order valence-corrected chi connectivity index (χ3v) is 6.43. The number of aliphatic hydroxyl groups excluding tert-OH is 1. The zero-order valence-electron chi connectivity index (χ0n) is 12.8. The first-order valence-electron chi connectivity index (χ1n) is 6.49. The molecule has 21 heavy (non-hydrogen) atoms. The van der Waals surface area contributed by atoms with Crippen molar-refractivity contribution >= 4 is 33.2 Å². The van der Waals surface area contributed by atoms with Gasteiger partial charge in [-0.05, 0) is 30.0 Å². The Labute approximate surface area is 136 Å². The van der Waals surface area contributed by atoms with Crippen LogP contribution in [0.1, 0.15) is 33.3 Å². The molecule has 1 unspecified atom stereocenters. The molecule has 0 bridgehead atoms. The lowest BCUT2D eigenvalue weighted by Crippen LogP contribution is -2.43. The summed E-state index contributed by atoms with van der Waals surface area (Å²) in [5.41, 5.74) is 0.0618. The number of halogens is 2. The van der Waals surface area contributed by atoms with Gasteiger partial charge in [-0.3, -0.25) is 0 Å². The predicted molar refractivity (Wildman–Crippen MR) is 86.3 cm³/mol. The van der Waals surface area contributed by atoms with Gasteiger partial charge in [0.25, 0.3) is 0 Å². The van der Waals surface area contributed by atoms with Crippen LogP contribution in [0.4, 0.5) is 0 Å². The topological polar surface area (TPSA) is 57.6 Å². The highest BCUT2D eigenvalue weighted by atomic mass is 35.5. The van der Waals surface area contributed by atoms with Crippen LogP contribution in [0.2, 0.25) is 10.0 Å². The summed E-state index contributed by atoms with van der Waals surface area (Å²) in [5.74, 6) is 0. The lowest BCUT2D eigenvalue weighted by molar-refractivity contribution is 0.216. The van der Waals surface area contributed by atoms with Gasteiger partial charge in [0.1, 0.15) is 4.90 Å². The fourth-order valence-corrected chi connectivity index (χ4v) is 4.27. The first-order valence-corrected chi connectivity index (χ1v) is 8.69. The lowest BCUT2D eigenvalue weighted by atomic mass is 9.88. The normalized spacial score (nSPS) is 14.5. The number of rotatable bonds is 4. The van der Waals surface area contributed by atoms with Crippen molar-refractivity contribution in [3.8, 4) is 0 Å². The van der Waals surface area contributed by atoms with E-state index in [1.54, 1.807) is 0 Å². The van der Waals surface area contributed by atoms with Crippen molar-refractivity contribution in [3.05, 3.63) is 27.7 Å². The van der Waals surface area contributed by atoms with Crippen LogP contribution in [-0.4, -0.2) is 30.9 Å². The maximum absolute atomic E-state index is 12.8. The largest absolute Gasteiger partial charge is 0.392 e. The van der Waals surface area contributed by atoms with Crippen LogP contribution in [0.5, 0.6) is 0 Å². The van der Waals surface area contributed by atoms with Gasteiger partial charge in [0.05, 0.1) is 11.6 Å². The molecule has 1 aromatic carbocycles. The molecule has 1 N–H and O–H groups in total. The van der Waals surface area contributed by atoms with E-state index >= 15 is 0 Å². The van der Waals surface area contributed by atoms with Crippen LogP contribution < -0.4 is 0 Å². The van der Waals surface area contributed by atoms with Crippen molar-refractivity contribution in [3.63, 3.8) is 0 Å². The summed E-state index contributed by atoms with van der Waals surface area (Å²) in [4.78, 5) is -0.0840. The Morgan fingerprint density at radius 3 is 2.24 bits per heavy atom. The average molecular weight is 354 g/mol. The molecule has 0 spiro atoms. The minimum atomic E-state index is -3.80. The average Bonchev–Trinajstić information content (AvgIpc) is 2.37. The second kappa shape index (κ2) is 6.42. The fraction of sp³-hybridized carbons (Fsp3) is 0.571. The minimum absolute atomic E-state index is 0.00913. The van der Waals surface area contributed by atoms with Gasteiger partial charge in [-0.2, -0.15) is 4.31 Å². The van der Waals surface area contributed by atoms with Gasteiger partial charge < -0.3 is 5.11 Å². The summed E-state index contributed by atoms with van der Waals surface area (Å²) >= 11 is 12.0. The van der Waals surface area contributed by atoms with Crippen LogP contribution in [0.25, 0.3) is 0 Å². The molecular formula is C14H21Cl2NO3S. The van der Waals surface area contributed by atoms with Gasteiger partial charge in [-0.25, -0.2) is 8.42 Å². The van der Waals surface area contributed by atoms with E-state index < -0.39 is 10.0 Å². The van der Waals surface area contributed by atoms with E-state index in [2.05, 4.69) is 0 Å². The standard InChI is InChI=1S/C14H21Cl2NO3S/c1-9(14(2,3)4)17(5)21(19,20)12-7-11(15)6-10(8-18)13(12)16/h6-7,9,18H,8H2,1-5H3. The smallest absolute Gasteiger partial charge is 0.244 e. The van der Waals surface area contributed by atoms with E-state index in [-0.39, 0.29) is 33.0 Å². The molecular weight excluding hydrogens is 333 g/mol. The first kappa shape index (κ1) is 18.7. The summed E-state index contributed by atoms with van der Waals surface area (Å²) in [6.07, 6.45) is 0. The molecule has 0 aliphatic carbocycles. The SMILES string of the molecule is CC(N(C)S(=O)(=O)c1cc(Cl)cc(CO)c1Cl)C(C)(C)C. The summed E-state index contributed by atoms with van der Waals surface area (Å²) in [6.45, 7) is 7.34. The van der Waals surface area contributed by atoms with Crippen LogP contribution in [0.3, 0.4) is 0 Å². The Morgan fingerprint density at radius 1 is 1.29 bits per heavy atom. The van der Waals surface area contributed by atoms with Crippen LogP contribution in [-0.2, 0) is 16.6 Å². The summed E-state index contributed by atoms with van der Waals surface area (Å²) in [7, 11) is -2.29.